The third-order valence-corrected chi connectivity index (χ3v) is 5.90. The first-order chi connectivity index (χ1) is 12.1. The van der Waals surface area contributed by atoms with Crippen LogP contribution in [-0.4, -0.2) is 33.4 Å². The topological polar surface area (TPSA) is 83.0 Å². The summed E-state index contributed by atoms with van der Waals surface area (Å²) in [6.45, 7) is 1.53. The van der Waals surface area contributed by atoms with Gasteiger partial charge in [-0.1, -0.05) is 45.9 Å². The number of nitrogens with zero attached hydrogens (tertiary/aromatic N) is 3. The first kappa shape index (κ1) is 18.4. The first-order valence-electron chi connectivity index (χ1n) is 8.31. The minimum atomic E-state index is -0.325. The SMILES string of the molecule is NC(=O)CCc1nnc(SCc2ccccc2Br)n1CC1CCCO1. The van der Waals surface area contributed by atoms with Gasteiger partial charge in [0.05, 0.1) is 12.6 Å². The number of aromatic nitrogens is 3. The van der Waals surface area contributed by atoms with Gasteiger partial charge in [-0.05, 0) is 24.5 Å². The van der Waals surface area contributed by atoms with Crippen molar-refractivity contribution in [2.75, 3.05) is 6.61 Å². The number of benzene rings is 1. The van der Waals surface area contributed by atoms with Crippen LogP contribution in [0, 0.1) is 0 Å². The van der Waals surface area contributed by atoms with E-state index in [1.54, 1.807) is 11.8 Å². The van der Waals surface area contributed by atoms with Crippen molar-refractivity contribution in [3.63, 3.8) is 0 Å². The Balaban J connectivity index is 1.74. The van der Waals surface area contributed by atoms with Crippen molar-refractivity contribution in [3.8, 4) is 0 Å². The molecule has 0 radical (unpaired) electrons. The van der Waals surface area contributed by atoms with E-state index in [1.165, 1.54) is 5.56 Å². The summed E-state index contributed by atoms with van der Waals surface area (Å²) in [5.74, 6) is 1.26. The molecule has 0 spiro atoms. The minimum absolute atomic E-state index is 0.186. The Hall–Kier alpha value is -1.38. The average Bonchev–Trinajstić information content (AvgIpc) is 3.23. The van der Waals surface area contributed by atoms with Crippen molar-refractivity contribution in [1.29, 1.82) is 0 Å². The molecule has 3 rings (SSSR count). The molecule has 8 heteroatoms. The molecule has 2 aromatic rings. The number of nitrogens with two attached hydrogens (primary N) is 1. The molecule has 1 aliphatic rings. The van der Waals surface area contributed by atoms with Crippen LogP contribution in [0.4, 0.5) is 0 Å². The van der Waals surface area contributed by atoms with Crippen LogP contribution in [0.25, 0.3) is 0 Å². The van der Waals surface area contributed by atoms with Crippen LogP contribution in [0.3, 0.4) is 0 Å². The van der Waals surface area contributed by atoms with E-state index < -0.39 is 0 Å². The molecule has 6 nitrogen and oxygen atoms in total. The molecule has 1 aliphatic heterocycles. The summed E-state index contributed by atoms with van der Waals surface area (Å²) < 4.78 is 8.93. The number of ether oxygens (including phenoxy) is 1. The molecule has 1 aromatic heterocycles. The van der Waals surface area contributed by atoms with Crippen LogP contribution in [0.2, 0.25) is 0 Å². The van der Waals surface area contributed by atoms with E-state index in [9.17, 15) is 4.79 Å². The molecule has 1 unspecified atom stereocenters. The molecule has 1 fully saturated rings. The fourth-order valence-corrected chi connectivity index (χ4v) is 4.36. The third kappa shape index (κ3) is 5.05. The van der Waals surface area contributed by atoms with E-state index >= 15 is 0 Å². The Kier molecular flexibility index (Phi) is 6.50. The second-order valence-electron chi connectivity index (χ2n) is 5.99. The van der Waals surface area contributed by atoms with Gasteiger partial charge in [0.2, 0.25) is 5.91 Å². The molecule has 1 aromatic carbocycles. The second-order valence-corrected chi connectivity index (χ2v) is 7.79. The predicted octanol–water partition coefficient (Wildman–Crippen LogP) is 2.93. The predicted molar refractivity (Wildman–Crippen MR) is 100 cm³/mol. The Morgan fingerprint density at radius 2 is 2.24 bits per heavy atom. The molecule has 134 valence electrons. The van der Waals surface area contributed by atoms with Gasteiger partial charge in [0.1, 0.15) is 5.82 Å². The van der Waals surface area contributed by atoms with E-state index in [-0.39, 0.29) is 18.4 Å². The second kappa shape index (κ2) is 8.82. The van der Waals surface area contributed by atoms with Crippen LogP contribution in [0.5, 0.6) is 0 Å². The smallest absolute Gasteiger partial charge is 0.217 e. The summed E-state index contributed by atoms with van der Waals surface area (Å²) in [6, 6.07) is 8.15. The molecule has 2 heterocycles. The van der Waals surface area contributed by atoms with Gasteiger partial charge in [0.15, 0.2) is 5.16 Å². The van der Waals surface area contributed by atoms with Crippen molar-refractivity contribution in [3.05, 3.63) is 40.1 Å². The number of amides is 1. The summed E-state index contributed by atoms with van der Waals surface area (Å²) in [4.78, 5) is 11.1. The largest absolute Gasteiger partial charge is 0.376 e. The van der Waals surface area contributed by atoms with Crippen molar-refractivity contribution in [1.82, 2.24) is 14.8 Å². The number of aryl methyl sites for hydroxylation is 1. The molecule has 2 N–H and O–H groups in total. The maximum absolute atomic E-state index is 11.1. The van der Waals surface area contributed by atoms with Gasteiger partial charge in [-0.15, -0.1) is 10.2 Å². The Morgan fingerprint density at radius 1 is 1.40 bits per heavy atom. The van der Waals surface area contributed by atoms with Crippen LogP contribution in [0.15, 0.2) is 33.9 Å². The number of carbonyl (C=O) groups is 1. The highest BCUT2D eigenvalue weighted by atomic mass is 79.9. The van der Waals surface area contributed by atoms with Crippen LogP contribution in [0.1, 0.15) is 30.7 Å². The maximum atomic E-state index is 11.1. The van der Waals surface area contributed by atoms with Crippen molar-refractivity contribution in [2.45, 2.75) is 49.2 Å². The van der Waals surface area contributed by atoms with Gasteiger partial charge in [-0.25, -0.2) is 0 Å². The molecular formula is C17H21BrN4O2S. The Bertz CT molecular complexity index is 731. The summed E-state index contributed by atoms with van der Waals surface area (Å²) in [5.41, 5.74) is 6.49. The Morgan fingerprint density at radius 3 is 2.96 bits per heavy atom. The molecule has 0 saturated carbocycles. The lowest BCUT2D eigenvalue weighted by Crippen LogP contribution is -2.19. The zero-order valence-corrected chi connectivity index (χ0v) is 16.3. The summed E-state index contributed by atoms with van der Waals surface area (Å²) >= 11 is 5.22. The number of primary amides is 1. The zero-order chi connectivity index (χ0) is 17.6. The van der Waals surface area contributed by atoms with E-state index in [0.717, 1.165) is 47.2 Å². The van der Waals surface area contributed by atoms with Crippen LogP contribution in [-0.2, 0) is 28.2 Å². The number of halogens is 1. The summed E-state index contributed by atoms with van der Waals surface area (Å²) in [7, 11) is 0. The lowest BCUT2D eigenvalue weighted by molar-refractivity contribution is -0.118. The lowest BCUT2D eigenvalue weighted by atomic mass is 10.2. The average molecular weight is 425 g/mol. The minimum Gasteiger partial charge on any atom is -0.376 e. The van der Waals surface area contributed by atoms with Crippen molar-refractivity contribution >= 4 is 33.6 Å². The highest BCUT2D eigenvalue weighted by molar-refractivity contribution is 9.10. The van der Waals surface area contributed by atoms with Gasteiger partial charge >= 0.3 is 0 Å². The van der Waals surface area contributed by atoms with Gasteiger partial charge < -0.3 is 15.0 Å². The van der Waals surface area contributed by atoms with E-state index in [1.807, 2.05) is 18.2 Å². The van der Waals surface area contributed by atoms with Gasteiger partial charge in [0, 0.05) is 29.7 Å². The molecule has 1 saturated heterocycles. The lowest BCUT2D eigenvalue weighted by Gasteiger charge is -2.14. The standard InChI is InChI=1S/C17H21BrN4O2S/c18-14-6-2-1-4-12(14)11-25-17-21-20-16(8-7-15(19)23)22(17)10-13-5-3-9-24-13/h1-2,4,6,13H,3,5,7-11H2,(H2,19,23). The monoisotopic (exact) mass is 424 g/mol. The molecule has 25 heavy (non-hydrogen) atoms. The third-order valence-electron chi connectivity index (χ3n) is 4.11. The molecule has 0 aliphatic carbocycles. The van der Waals surface area contributed by atoms with Gasteiger partial charge in [0.25, 0.3) is 0 Å². The number of hydrogen-bond donors (Lipinski definition) is 1. The normalized spacial score (nSPS) is 17.1. The zero-order valence-electron chi connectivity index (χ0n) is 13.9. The van der Waals surface area contributed by atoms with Crippen molar-refractivity contribution in [2.24, 2.45) is 5.73 Å². The van der Waals surface area contributed by atoms with E-state index in [2.05, 4.69) is 36.8 Å². The van der Waals surface area contributed by atoms with E-state index in [4.69, 9.17) is 10.5 Å². The highest BCUT2D eigenvalue weighted by Crippen LogP contribution is 2.27. The number of carbonyl (C=O) groups excluding carboxylic acids is 1. The van der Waals surface area contributed by atoms with Gasteiger partial charge in [-0.2, -0.15) is 0 Å². The van der Waals surface area contributed by atoms with Crippen molar-refractivity contribution < 1.29 is 9.53 Å². The van der Waals surface area contributed by atoms with Crippen LogP contribution >= 0.6 is 27.7 Å². The Labute approximate surface area is 159 Å². The van der Waals surface area contributed by atoms with Crippen LogP contribution < -0.4 is 5.73 Å². The molecule has 0 bridgehead atoms. The fourth-order valence-electron chi connectivity index (χ4n) is 2.78. The molecule has 1 amide bonds. The number of thioether (sulfide) groups is 1. The molecular weight excluding hydrogens is 404 g/mol. The van der Waals surface area contributed by atoms with Gasteiger partial charge in [-0.3, -0.25) is 4.79 Å². The maximum Gasteiger partial charge on any atom is 0.217 e. The summed E-state index contributed by atoms with van der Waals surface area (Å²) in [6.07, 6.45) is 3.10. The fraction of sp³-hybridized carbons (Fsp3) is 0.471. The number of hydrogen-bond acceptors (Lipinski definition) is 5. The first-order valence-corrected chi connectivity index (χ1v) is 10.1. The molecule has 1 atom stereocenters. The highest BCUT2D eigenvalue weighted by Gasteiger charge is 2.21. The quantitative estimate of drug-likeness (QED) is 0.658. The summed E-state index contributed by atoms with van der Waals surface area (Å²) in [5, 5.41) is 9.47. The number of rotatable bonds is 8. The van der Waals surface area contributed by atoms with E-state index in [0.29, 0.717) is 6.42 Å².